The largest absolute Gasteiger partial charge is 0.481 e. The van der Waals surface area contributed by atoms with E-state index in [1.54, 1.807) is 13.8 Å². The molecule has 0 saturated heterocycles. The van der Waals surface area contributed by atoms with Gasteiger partial charge in [-0.3, -0.25) is 9.59 Å². The van der Waals surface area contributed by atoms with Crippen molar-refractivity contribution in [3.63, 3.8) is 0 Å². The Labute approximate surface area is 94.4 Å². The predicted molar refractivity (Wildman–Crippen MR) is 57.5 cm³/mol. The molecule has 0 aromatic carbocycles. The summed E-state index contributed by atoms with van der Waals surface area (Å²) in [6, 6.07) is -0.272. The maximum atomic E-state index is 10.3. The maximum Gasteiger partial charge on any atom is 0.303 e. The van der Waals surface area contributed by atoms with Gasteiger partial charge in [-0.25, -0.2) is 0 Å². The van der Waals surface area contributed by atoms with Crippen molar-refractivity contribution in [2.45, 2.75) is 51.6 Å². The van der Waals surface area contributed by atoms with E-state index in [1.807, 2.05) is 0 Å². The molecular weight excluding hydrogens is 212 g/mol. The Kier molecular flexibility index (Phi) is 7.07. The smallest absolute Gasteiger partial charge is 0.303 e. The van der Waals surface area contributed by atoms with Gasteiger partial charge in [0.15, 0.2) is 0 Å². The third-order valence-corrected chi connectivity index (χ3v) is 2.01. The second-order valence-corrected chi connectivity index (χ2v) is 3.79. The molecule has 0 amide bonds. The first-order valence-corrected chi connectivity index (χ1v) is 5.25. The zero-order valence-electron chi connectivity index (χ0n) is 9.59. The second kappa shape index (κ2) is 7.78. The van der Waals surface area contributed by atoms with Crippen molar-refractivity contribution in [1.29, 1.82) is 0 Å². The Hall–Kier alpha value is -1.46. The summed E-state index contributed by atoms with van der Waals surface area (Å²) in [7, 11) is 0. The Balaban J connectivity index is 3.78. The standard InChI is InChI=1S/C10H18N2O4/c1-7(3-5-9(13)14)11-12-8(2)4-6-10(15)16/h7-8H,3-6H2,1-2H3,(H,13,14)(H,15,16)/b12-11+. The van der Waals surface area contributed by atoms with Gasteiger partial charge in [0.05, 0.1) is 12.1 Å². The summed E-state index contributed by atoms with van der Waals surface area (Å²) >= 11 is 0. The van der Waals surface area contributed by atoms with E-state index in [0.29, 0.717) is 12.8 Å². The SMILES string of the molecule is CC(CCC(=O)O)/N=N/C(C)CCC(=O)O. The third kappa shape index (κ3) is 9.11. The maximum absolute atomic E-state index is 10.3. The van der Waals surface area contributed by atoms with Gasteiger partial charge in [-0.2, -0.15) is 10.2 Å². The molecule has 0 aliphatic heterocycles. The van der Waals surface area contributed by atoms with Crippen molar-refractivity contribution in [1.82, 2.24) is 0 Å². The summed E-state index contributed by atoms with van der Waals surface area (Å²) < 4.78 is 0. The van der Waals surface area contributed by atoms with Crippen LogP contribution in [0.2, 0.25) is 0 Å². The van der Waals surface area contributed by atoms with Gasteiger partial charge in [0.25, 0.3) is 0 Å². The molecule has 0 rings (SSSR count). The van der Waals surface area contributed by atoms with Gasteiger partial charge in [-0.1, -0.05) is 0 Å². The molecule has 6 heteroatoms. The van der Waals surface area contributed by atoms with Crippen LogP contribution in [0.4, 0.5) is 0 Å². The van der Waals surface area contributed by atoms with Crippen LogP contribution < -0.4 is 0 Å². The van der Waals surface area contributed by atoms with Crippen LogP contribution in [0.3, 0.4) is 0 Å². The topological polar surface area (TPSA) is 99.3 Å². The van der Waals surface area contributed by atoms with Gasteiger partial charge in [0.2, 0.25) is 0 Å². The molecule has 2 atom stereocenters. The minimum Gasteiger partial charge on any atom is -0.481 e. The Bertz CT molecular complexity index is 240. The molecule has 0 radical (unpaired) electrons. The molecule has 16 heavy (non-hydrogen) atoms. The van der Waals surface area contributed by atoms with E-state index in [2.05, 4.69) is 10.2 Å². The van der Waals surface area contributed by atoms with E-state index in [-0.39, 0.29) is 24.9 Å². The second-order valence-electron chi connectivity index (χ2n) is 3.79. The zero-order valence-corrected chi connectivity index (χ0v) is 9.59. The highest BCUT2D eigenvalue weighted by atomic mass is 16.4. The van der Waals surface area contributed by atoms with E-state index in [0.717, 1.165) is 0 Å². The van der Waals surface area contributed by atoms with Crippen molar-refractivity contribution in [2.75, 3.05) is 0 Å². The highest BCUT2D eigenvalue weighted by Gasteiger charge is 2.06. The molecule has 0 spiro atoms. The number of rotatable bonds is 8. The van der Waals surface area contributed by atoms with Crippen molar-refractivity contribution < 1.29 is 19.8 Å². The average Bonchev–Trinajstić information content (AvgIpc) is 2.20. The van der Waals surface area contributed by atoms with Gasteiger partial charge in [0, 0.05) is 12.8 Å². The van der Waals surface area contributed by atoms with Crippen LogP contribution >= 0.6 is 0 Å². The molecule has 0 aliphatic carbocycles. The number of carboxylic acid groups (broad SMARTS) is 2. The summed E-state index contributed by atoms with van der Waals surface area (Å²) in [5.41, 5.74) is 0. The number of carbonyl (C=O) groups is 2. The molecule has 0 aromatic rings. The number of azo groups is 1. The number of carboxylic acids is 2. The highest BCUT2D eigenvalue weighted by Crippen LogP contribution is 2.06. The third-order valence-electron chi connectivity index (χ3n) is 2.01. The average molecular weight is 230 g/mol. The minimum absolute atomic E-state index is 0.0731. The minimum atomic E-state index is -0.846. The van der Waals surface area contributed by atoms with Crippen LogP contribution in [0.5, 0.6) is 0 Å². The van der Waals surface area contributed by atoms with Crippen LogP contribution in [0.1, 0.15) is 39.5 Å². The first kappa shape index (κ1) is 14.5. The van der Waals surface area contributed by atoms with Crippen molar-refractivity contribution in [2.24, 2.45) is 10.2 Å². The molecule has 2 N–H and O–H groups in total. The van der Waals surface area contributed by atoms with Crippen LogP contribution in [0.25, 0.3) is 0 Å². The number of hydrogen-bond acceptors (Lipinski definition) is 4. The lowest BCUT2D eigenvalue weighted by Crippen LogP contribution is -2.06. The van der Waals surface area contributed by atoms with E-state index in [9.17, 15) is 9.59 Å². The Morgan fingerprint density at radius 3 is 1.50 bits per heavy atom. The molecule has 92 valence electrons. The lowest BCUT2D eigenvalue weighted by Gasteiger charge is -2.05. The zero-order chi connectivity index (χ0) is 12.6. The molecule has 0 heterocycles. The van der Waals surface area contributed by atoms with Crippen LogP contribution in [0.15, 0.2) is 10.2 Å². The van der Waals surface area contributed by atoms with Gasteiger partial charge in [-0.05, 0) is 26.7 Å². The van der Waals surface area contributed by atoms with Crippen molar-refractivity contribution in [3.8, 4) is 0 Å². The molecule has 0 fully saturated rings. The summed E-state index contributed by atoms with van der Waals surface area (Å²) in [6.07, 6.45) is 1.04. The fraction of sp³-hybridized carbons (Fsp3) is 0.800. The number of nitrogens with zero attached hydrogens (tertiary/aromatic N) is 2. The lowest BCUT2D eigenvalue weighted by atomic mass is 10.2. The quantitative estimate of drug-likeness (QED) is 0.622. The van der Waals surface area contributed by atoms with Gasteiger partial charge >= 0.3 is 11.9 Å². The predicted octanol–water partition coefficient (Wildman–Crippen LogP) is 1.95. The lowest BCUT2D eigenvalue weighted by molar-refractivity contribution is -0.138. The number of hydrogen-bond donors (Lipinski definition) is 2. The number of aliphatic carboxylic acids is 2. The van der Waals surface area contributed by atoms with E-state index in [4.69, 9.17) is 10.2 Å². The van der Waals surface area contributed by atoms with Gasteiger partial charge < -0.3 is 10.2 Å². The first-order chi connectivity index (χ1) is 7.41. The molecular formula is C10H18N2O4. The molecule has 6 nitrogen and oxygen atoms in total. The molecule has 0 aliphatic rings. The summed E-state index contributed by atoms with van der Waals surface area (Å²) in [6.45, 7) is 3.58. The van der Waals surface area contributed by atoms with Crippen LogP contribution in [-0.4, -0.2) is 34.2 Å². The molecule has 0 saturated carbocycles. The normalized spacial score (nSPS) is 14.9. The van der Waals surface area contributed by atoms with Gasteiger partial charge in [-0.15, -0.1) is 0 Å². The molecule has 2 unspecified atom stereocenters. The highest BCUT2D eigenvalue weighted by molar-refractivity contribution is 5.66. The van der Waals surface area contributed by atoms with Crippen LogP contribution in [-0.2, 0) is 9.59 Å². The van der Waals surface area contributed by atoms with Crippen molar-refractivity contribution in [3.05, 3.63) is 0 Å². The molecule has 0 bridgehead atoms. The van der Waals surface area contributed by atoms with E-state index in [1.165, 1.54) is 0 Å². The summed E-state index contributed by atoms with van der Waals surface area (Å²) in [5, 5.41) is 24.8. The Morgan fingerprint density at radius 2 is 1.25 bits per heavy atom. The van der Waals surface area contributed by atoms with Crippen LogP contribution in [0, 0.1) is 0 Å². The monoisotopic (exact) mass is 230 g/mol. The molecule has 0 aromatic heterocycles. The van der Waals surface area contributed by atoms with E-state index < -0.39 is 11.9 Å². The first-order valence-electron chi connectivity index (χ1n) is 5.25. The summed E-state index contributed by atoms with van der Waals surface area (Å²) in [5.74, 6) is -1.69. The fourth-order valence-corrected chi connectivity index (χ4v) is 1.01. The fourth-order valence-electron chi connectivity index (χ4n) is 1.01. The summed E-state index contributed by atoms with van der Waals surface area (Å²) in [4.78, 5) is 20.6. The Morgan fingerprint density at radius 1 is 0.938 bits per heavy atom. The van der Waals surface area contributed by atoms with E-state index >= 15 is 0 Å². The van der Waals surface area contributed by atoms with Gasteiger partial charge in [0.1, 0.15) is 0 Å². The van der Waals surface area contributed by atoms with Crippen molar-refractivity contribution >= 4 is 11.9 Å².